The summed E-state index contributed by atoms with van der Waals surface area (Å²) in [5, 5.41) is 18.5. The van der Waals surface area contributed by atoms with Crippen LogP contribution in [0.4, 0.5) is 5.69 Å². The van der Waals surface area contributed by atoms with E-state index in [1.807, 2.05) is 4.68 Å². The Kier molecular flexibility index (Phi) is 4.48. The number of thiophene rings is 1. The number of rotatable bonds is 5. The first-order valence-electron chi connectivity index (χ1n) is 8.26. The minimum absolute atomic E-state index is 0.106. The zero-order chi connectivity index (χ0) is 17.2. The van der Waals surface area contributed by atoms with Crippen molar-refractivity contribution in [3.05, 3.63) is 56.9 Å². The minimum Gasteiger partial charge on any atom is -0.296 e. The van der Waals surface area contributed by atoms with Crippen LogP contribution < -0.4 is 0 Å². The molecule has 1 aromatic carbocycles. The smallest absolute Gasteiger partial charge is 0.271 e. The summed E-state index contributed by atoms with van der Waals surface area (Å²) >= 11 is 1.80. The molecule has 0 unspecified atom stereocenters. The molecule has 0 atom stereocenters. The van der Waals surface area contributed by atoms with Crippen LogP contribution in [0, 0.1) is 10.1 Å². The summed E-state index contributed by atoms with van der Waals surface area (Å²) in [6.07, 6.45) is 1.77. The Hall–Kier alpha value is -2.29. The number of benzene rings is 1. The largest absolute Gasteiger partial charge is 0.296 e. The standard InChI is InChI=1S/C17H19N5O2S/c23-22(24)15-4-3-14-11-18-21(17(14)10-15)13-20-7-5-19(6-8-20)12-16-2-1-9-25-16/h1-4,9-11H,5-8,12-13H2. The summed E-state index contributed by atoms with van der Waals surface area (Å²) in [6, 6.07) is 9.17. The third-order valence-electron chi connectivity index (χ3n) is 4.60. The van der Waals surface area contributed by atoms with Gasteiger partial charge >= 0.3 is 0 Å². The zero-order valence-electron chi connectivity index (χ0n) is 13.7. The second-order valence-corrected chi connectivity index (χ2v) is 7.29. The van der Waals surface area contributed by atoms with E-state index >= 15 is 0 Å². The van der Waals surface area contributed by atoms with Gasteiger partial charge in [-0.25, -0.2) is 0 Å². The molecule has 0 saturated carbocycles. The molecule has 8 heteroatoms. The van der Waals surface area contributed by atoms with Gasteiger partial charge < -0.3 is 0 Å². The number of non-ortho nitro benzene ring substituents is 1. The molecule has 2 aromatic heterocycles. The van der Waals surface area contributed by atoms with Gasteiger partial charge in [0.15, 0.2) is 0 Å². The molecule has 1 aliphatic heterocycles. The molecule has 3 heterocycles. The second kappa shape index (κ2) is 6.91. The van der Waals surface area contributed by atoms with Gasteiger partial charge in [-0.1, -0.05) is 6.07 Å². The van der Waals surface area contributed by atoms with Gasteiger partial charge in [0.25, 0.3) is 5.69 Å². The highest BCUT2D eigenvalue weighted by molar-refractivity contribution is 7.09. The first-order chi connectivity index (χ1) is 12.2. The van der Waals surface area contributed by atoms with Crippen LogP contribution >= 0.6 is 11.3 Å². The van der Waals surface area contributed by atoms with Gasteiger partial charge in [-0.15, -0.1) is 11.3 Å². The molecule has 1 saturated heterocycles. The Morgan fingerprint density at radius 2 is 1.96 bits per heavy atom. The van der Waals surface area contributed by atoms with E-state index in [2.05, 4.69) is 32.4 Å². The topological polar surface area (TPSA) is 67.4 Å². The quantitative estimate of drug-likeness (QED) is 0.519. The van der Waals surface area contributed by atoms with Gasteiger partial charge in [0, 0.05) is 55.1 Å². The molecular weight excluding hydrogens is 338 g/mol. The molecule has 0 aliphatic carbocycles. The van der Waals surface area contributed by atoms with Crippen molar-refractivity contribution in [1.29, 1.82) is 0 Å². The molecule has 0 amide bonds. The highest BCUT2D eigenvalue weighted by Gasteiger charge is 2.19. The normalized spacial score (nSPS) is 16.5. The maximum Gasteiger partial charge on any atom is 0.271 e. The first-order valence-corrected chi connectivity index (χ1v) is 9.14. The number of nitrogens with zero attached hydrogens (tertiary/aromatic N) is 5. The van der Waals surface area contributed by atoms with Crippen LogP contribution in [-0.4, -0.2) is 50.7 Å². The van der Waals surface area contributed by atoms with Crippen molar-refractivity contribution in [3.8, 4) is 0 Å². The number of piperazine rings is 1. The van der Waals surface area contributed by atoms with Crippen molar-refractivity contribution in [3.63, 3.8) is 0 Å². The Morgan fingerprint density at radius 1 is 1.16 bits per heavy atom. The molecule has 130 valence electrons. The third kappa shape index (κ3) is 3.55. The molecule has 0 bridgehead atoms. The molecular formula is C17H19N5O2S. The van der Waals surface area contributed by atoms with E-state index in [9.17, 15) is 10.1 Å². The zero-order valence-corrected chi connectivity index (χ0v) is 14.6. The van der Waals surface area contributed by atoms with Crippen molar-refractivity contribution >= 4 is 27.9 Å². The summed E-state index contributed by atoms with van der Waals surface area (Å²) < 4.78 is 1.86. The van der Waals surface area contributed by atoms with Crippen LogP contribution in [0.5, 0.6) is 0 Å². The van der Waals surface area contributed by atoms with Crippen molar-refractivity contribution in [2.24, 2.45) is 0 Å². The first kappa shape index (κ1) is 16.2. The third-order valence-corrected chi connectivity index (χ3v) is 5.46. The molecule has 0 spiro atoms. The van der Waals surface area contributed by atoms with E-state index in [4.69, 9.17) is 0 Å². The molecule has 7 nitrogen and oxygen atoms in total. The molecule has 1 aliphatic rings. The van der Waals surface area contributed by atoms with Gasteiger partial charge in [0.1, 0.15) is 0 Å². The van der Waals surface area contributed by atoms with Gasteiger partial charge in [-0.3, -0.25) is 24.6 Å². The lowest BCUT2D eigenvalue weighted by molar-refractivity contribution is -0.384. The SMILES string of the molecule is O=[N+]([O-])c1ccc2cnn(CN3CCN(Cc4cccs4)CC3)c2c1. The van der Waals surface area contributed by atoms with Crippen LogP contribution in [0.1, 0.15) is 4.88 Å². The molecule has 1 fully saturated rings. The van der Waals surface area contributed by atoms with Crippen LogP contribution in [0.15, 0.2) is 41.9 Å². The number of nitro groups is 1. The Bertz CT molecular complexity index is 868. The summed E-state index contributed by atoms with van der Waals surface area (Å²) in [4.78, 5) is 16.8. The Morgan fingerprint density at radius 3 is 2.68 bits per heavy atom. The van der Waals surface area contributed by atoms with E-state index in [-0.39, 0.29) is 10.6 Å². The van der Waals surface area contributed by atoms with E-state index in [0.717, 1.165) is 43.6 Å². The fraction of sp³-hybridized carbons (Fsp3) is 0.353. The fourth-order valence-electron chi connectivity index (χ4n) is 3.19. The number of aromatic nitrogens is 2. The summed E-state index contributed by atoms with van der Waals surface area (Å²) in [5.74, 6) is 0. The highest BCUT2D eigenvalue weighted by Crippen LogP contribution is 2.21. The average Bonchev–Trinajstić information content (AvgIpc) is 3.26. The molecule has 3 aromatic rings. The van der Waals surface area contributed by atoms with Gasteiger partial charge in [0.2, 0.25) is 0 Å². The van der Waals surface area contributed by atoms with Crippen molar-refractivity contribution in [1.82, 2.24) is 19.6 Å². The molecule has 0 N–H and O–H groups in total. The minimum atomic E-state index is -0.361. The predicted molar refractivity (Wildman–Crippen MR) is 97.6 cm³/mol. The van der Waals surface area contributed by atoms with E-state index in [1.165, 1.54) is 10.9 Å². The summed E-state index contributed by atoms with van der Waals surface area (Å²) in [5.41, 5.74) is 0.922. The van der Waals surface area contributed by atoms with Gasteiger partial charge in [-0.2, -0.15) is 5.10 Å². The predicted octanol–water partition coefficient (Wildman–Crippen LogP) is 2.78. The Balaban J connectivity index is 1.40. The number of hydrogen-bond acceptors (Lipinski definition) is 6. The maximum atomic E-state index is 11.0. The Labute approximate surface area is 149 Å². The molecule has 0 radical (unpaired) electrons. The second-order valence-electron chi connectivity index (χ2n) is 6.26. The van der Waals surface area contributed by atoms with Crippen LogP contribution in [0.3, 0.4) is 0 Å². The number of nitro benzene ring substituents is 1. The lowest BCUT2D eigenvalue weighted by atomic mass is 10.2. The number of fused-ring (bicyclic) bond motifs is 1. The lowest BCUT2D eigenvalue weighted by Crippen LogP contribution is -2.46. The average molecular weight is 357 g/mol. The number of hydrogen-bond donors (Lipinski definition) is 0. The molecule has 25 heavy (non-hydrogen) atoms. The monoisotopic (exact) mass is 357 g/mol. The molecule has 4 rings (SSSR count). The maximum absolute atomic E-state index is 11.0. The van der Waals surface area contributed by atoms with Crippen molar-refractivity contribution < 1.29 is 4.92 Å². The summed E-state index contributed by atoms with van der Waals surface area (Å²) in [6.45, 7) is 5.68. The van der Waals surface area contributed by atoms with E-state index in [0.29, 0.717) is 6.67 Å². The summed E-state index contributed by atoms with van der Waals surface area (Å²) in [7, 11) is 0. The lowest BCUT2D eigenvalue weighted by Gasteiger charge is -2.34. The van der Waals surface area contributed by atoms with Crippen LogP contribution in [0.2, 0.25) is 0 Å². The van der Waals surface area contributed by atoms with E-state index in [1.54, 1.807) is 29.7 Å². The van der Waals surface area contributed by atoms with Crippen molar-refractivity contribution in [2.75, 3.05) is 26.2 Å². The van der Waals surface area contributed by atoms with Crippen LogP contribution in [0.25, 0.3) is 10.9 Å². The van der Waals surface area contributed by atoms with E-state index < -0.39 is 0 Å². The van der Waals surface area contributed by atoms with Crippen molar-refractivity contribution in [2.45, 2.75) is 13.2 Å². The highest BCUT2D eigenvalue weighted by atomic mass is 32.1. The fourth-order valence-corrected chi connectivity index (χ4v) is 3.93. The van der Waals surface area contributed by atoms with Crippen LogP contribution in [-0.2, 0) is 13.2 Å². The van der Waals surface area contributed by atoms with Gasteiger partial charge in [-0.05, 0) is 17.5 Å². The van der Waals surface area contributed by atoms with Gasteiger partial charge in [0.05, 0.1) is 23.3 Å².